The minimum absolute atomic E-state index is 0.0609. The lowest BCUT2D eigenvalue weighted by molar-refractivity contribution is -0.137. The van der Waals surface area contributed by atoms with E-state index in [1.54, 1.807) is 24.3 Å². The maximum atomic E-state index is 11.4. The minimum Gasteiger partial charge on any atom is -0.508 e. The number of amides is 1. The monoisotopic (exact) mass is 269 g/mol. The lowest BCUT2D eigenvalue weighted by atomic mass is 10.3. The normalized spacial score (nSPS) is 10.0. The first-order valence-electron chi connectivity index (χ1n) is 5.48. The third-order valence-corrected chi connectivity index (χ3v) is 3.11. The number of aromatic hydroxyl groups is 1. The number of hydrogen-bond acceptors (Lipinski definition) is 4. The van der Waals surface area contributed by atoms with E-state index in [9.17, 15) is 9.59 Å². The van der Waals surface area contributed by atoms with E-state index in [1.807, 2.05) is 0 Å². The van der Waals surface area contributed by atoms with Crippen LogP contribution in [0.5, 0.6) is 5.75 Å². The molecule has 0 saturated heterocycles. The lowest BCUT2D eigenvalue weighted by Crippen LogP contribution is -2.26. The molecule has 98 valence electrons. The lowest BCUT2D eigenvalue weighted by Gasteiger charge is -2.04. The molecular weight excluding hydrogens is 254 g/mol. The molecule has 5 nitrogen and oxygen atoms in total. The summed E-state index contributed by atoms with van der Waals surface area (Å²) in [4.78, 5) is 22.5. The van der Waals surface area contributed by atoms with E-state index in [0.29, 0.717) is 13.0 Å². The van der Waals surface area contributed by atoms with Crippen LogP contribution >= 0.6 is 11.8 Å². The van der Waals surface area contributed by atoms with E-state index in [-0.39, 0.29) is 23.8 Å². The van der Waals surface area contributed by atoms with Gasteiger partial charge in [-0.2, -0.15) is 0 Å². The minimum atomic E-state index is -0.859. The van der Waals surface area contributed by atoms with Gasteiger partial charge in [0.25, 0.3) is 0 Å². The van der Waals surface area contributed by atoms with Gasteiger partial charge in [-0.3, -0.25) is 9.59 Å². The van der Waals surface area contributed by atoms with Crippen molar-refractivity contribution in [2.24, 2.45) is 0 Å². The number of carbonyl (C=O) groups excluding carboxylic acids is 1. The highest BCUT2D eigenvalue weighted by Crippen LogP contribution is 2.20. The molecule has 6 heteroatoms. The molecule has 0 bridgehead atoms. The summed E-state index contributed by atoms with van der Waals surface area (Å²) < 4.78 is 0. The van der Waals surface area contributed by atoms with E-state index >= 15 is 0 Å². The highest BCUT2D eigenvalue weighted by Gasteiger charge is 2.03. The molecule has 3 N–H and O–H groups in total. The number of phenolic OH excluding ortho intramolecular Hbond substituents is 1. The molecule has 0 radical (unpaired) electrons. The predicted octanol–water partition coefficient (Wildman–Crippen LogP) is 1.47. The Labute approximate surface area is 109 Å². The first kappa shape index (κ1) is 14.4. The number of carboxylic acids is 1. The van der Waals surface area contributed by atoms with Gasteiger partial charge in [0.15, 0.2) is 0 Å². The fraction of sp³-hybridized carbons (Fsp3) is 0.333. The largest absolute Gasteiger partial charge is 0.508 e. The molecule has 0 unspecified atom stereocenters. The van der Waals surface area contributed by atoms with E-state index in [2.05, 4.69) is 5.32 Å². The van der Waals surface area contributed by atoms with Crippen molar-refractivity contribution in [3.05, 3.63) is 24.3 Å². The molecule has 0 aliphatic carbocycles. The average Bonchev–Trinajstić information content (AvgIpc) is 2.34. The van der Waals surface area contributed by atoms with Crippen molar-refractivity contribution in [2.45, 2.75) is 17.7 Å². The standard InChI is InChI=1S/C12H15NO4S/c14-9-3-5-10(6-4-9)18-8-11(15)13-7-1-2-12(16)17/h3-6,14H,1-2,7-8H2,(H,13,15)(H,16,17). The molecule has 0 atom stereocenters. The number of thioether (sulfide) groups is 1. The molecule has 0 heterocycles. The Morgan fingerprint density at radius 3 is 2.50 bits per heavy atom. The number of nitrogens with one attached hydrogen (secondary N) is 1. The van der Waals surface area contributed by atoms with E-state index in [0.717, 1.165) is 4.90 Å². The fourth-order valence-electron chi connectivity index (χ4n) is 1.21. The van der Waals surface area contributed by atoms with Crippen molar-refractivity contribution in [3.63, 3.8) is 0 Å². The molecule has 18 heavy (non-hydrogen) atoms. The van der Waals surface area contributed by atoms with E-state index in [4.69, 9.17) is 10.2 Å². The van der Waals surface area contributed by atoms with Crippen molar-refractivity contribution in [2.75, 3.05) is 12.3 Å². The van der Waals surface area contributed by atoms with Gasteiger partial charge in [-0.05, 0) is 30.7 Å². The first-order chi connectivity index (χ1) is 8.58. The van der Waals surface area contributed by atoms with Gasteiger partial charge in [-0.15, -0.1) is 11.8 Å². The SMILES string of the molecule is O=C(O)CCCNC(=O)CSc1ccc(O)cc1. The van der Waals surface area contributed by atoms with Gasteiger partial charge in [0.1, 0.15) is 5.75 Å². The third kappa shape index (κ3) is 6.15. The molecule has 0 aliphatic rings. The Kier molecular flexibility index (Phi) is 6.07. The zero-order valence-electron chi connectivity index (χ0n) is 9.76. The Hall–Kier alpha value is -1.69. The number of benzene rings is 1. The van der Waals surface area contributed by atoms with Crippen LogP contribution in [0.4, 0.5) is 0 Å². The highest BCUT2D eigenvalue weighted by atomic mass is 32.2. The van der Waals surface area contributed by atoms with Crippen LogP contribution in [0.15, 0.2) is 29.2 Å². The first-order valence-corrected chi connectivity index (χ1v) is 6.47. The van der Waals surface area contributed by atoms with Crippen molar-refractivity contribution in [1.82, 2.24) is 5.32 Å². The van der Waals surface area contributed by atoms with Crippen LogP contribution in [0.25, 0.3) is 0 Å². The summed E-state index contributed by atoms with van der Waals surface area (Å²) in [5.74, 6) is -0.517. The second kappa shape index (κ2) is 7.60. The van der Waals surface area contributed by atoms with Gasteiger partial charge < -0.3 is 15.5 Å². The van der Waals surface area contributed by atoms with Crippen LogP contribution in [-0.4, -0.2) is 34.4 Å². The Morgan fingerprint density at radius 2 is 1.89 bits per heavy atom. The van der Waals surface area contributed by atoms with Gasteiger partial charge in [0.2, 0.25) is 5.91 Å². The molecule has 1 rings (SSSR count). The summed E-state index contributed by atoms with van der Waals surface area (Å²) in [5, 5.41) is 20.1. The fourth-order valence-corrected chi connectivity index (χ4v) is 1.94. The average molecular weight is 269 g/mol. The predicted molar refractivity (Wildman–Crippen MR) is 68.7 cm³/mol. The van der Waals surface area contributed by atoms with Crippen LogP contribution in [0.3, 0.4) is 0 Å². The summed E-state index contributed by atoms with van der Waals surface area (Å²) in [7, 11) is 0. The molecule has 0 aromatic heterocycles. The molecule has 0 aliphatic heterocycles. The van der Waals surface area contributed by atoms with Crippen LogP contribution in [-0.2, 0) is 9.59 Å². The second-order valence-corrected chi connectivity index (χ2v) is 4.68. The van der Waals surface area contributed by atoms with Crippen molar-refractivity contribution < 1.29 is 19.8 Å². The van der Waals surface area contributed by atoms with Crippen LogP contribution < -0.4 is 5.32 Å². The summed E-state index contributed by atoms with van der Waals surface area (Å²) in [6.07, 6.45) is 0.496. The molecule has 1 aromatic carbocycles. The topological polar surface area (TPSA) is 86.6 Å². The smallest absolute Gasteiger partial charge is 0.303 e. The number of carboxylic acid groups (broad SMARTS) is 1. The van der Waals surface area contributed by atoms with E-state index in [1.165, 1.54) is 11.8 Å². The molecular formula is C12H15NO4S. The van der Waals surface area contributed by atoms with Crippen molar-refractivity contribution in [1.29, 1.82) is 0 Å². The molecule has 0 spiro atoms. The van der Waals surface area contributed by atoms with Gasteiger partial charge in [0, 0.05) is 17.9 Å². The van der Waals surface area contributed by atoms with Crippen LogP contribution in [0.2, 0.25) is 0 Å². The number of aliphatic carboxylic acids is 1. The Balaban J connectivity index is 2.17. The molecule has 0 fully saturated rings. The maximum absolute atomic E-state index is 11.4. The zero-order chi connectivity index (χ0) is 13.4. The van der Waals surface area contributed by atoms with Crippen LogP contribution in [0.1, 0.15) is 12.8 Å². The van der Waals surface area contributed by atoms with Gasteiger partial charge >= 0.3 is 5.97 Å². The summed E-state index contributed by atoms with van der Waals surface area (Å²) >= 11 is 1.36. The number of hydrogen-bond donors (Lipinski definition) is 3. The quantitative estimate of drug-likeness (QED) is 0.515. The number of rotatable bonds is 7. The third-order valence-electron chi connectivity index (χ3n) is 2.10. The molecule has 1 amide bonds. The molecule has 0 saturated carbocycles. The number of carbonyl (C=O) groups is 2. The van der Waals surface area contributed by atoms with Crippen molar-refractivity contribution >= 4 is 23.6 Å². The zero-order valence-corrected chi connectivity index (χ0v) is 10.6. The van der Waals surface area contributed by atoms with Gasteiger partial charge in [0.05, 0.1) is 5.75 Å². The summed E-state index contributed by atoms with van der Waals surface area (Å²) in [6, 6.07) is 6.59. The second-order valence-electron chi connectivity index (χ2n) is 3.63. The van der Waals surface area contributed by atoms with Crippen molar-refractivity contribution in [3.8, 4) is 5.75 Å². The Morgan fingerprint density at radius 1 is 1.22 bits per heavy atom. The number of phenols is 1. The van der Waals surface area contributed by atoms with E-state index < -0.39 is 5.97 Å². The van der Waals surface area contributed by atoms with Gasteiger partial charge in [-0.25, -0.2) is 0 Å². The maximum Gasteiger partial charge on any atom is 0.303 e. The molecule has 1 aromatic rings. The highest BCUT2D eigenvalue weighted by molar-refractivity contribution is 8.00. The summed E-state index contributed by atoms with van der Waals surface area (Å²) in [6.45, 7) is 0.376. The summed E-state index contributed by atoms with van der Waals surface area (Å²) in [5.41, 5.74) is 0. The van der Waals surface area contributed by atoms with Crippen LogP contribution in [0, 0.1) is 0 Å². The Bertz CT molecular complexity index is 405. The van der Waals surface area contributed by atoms with Gasteiger partial charge in [-0.1, -0.05) is 0 Å².